The van der Waals surface area contributed by atoms with Gasteiger partial charge in [-0.25, -0.2) is 9.78 Å². The molecule has 0 saturated heterocycles. The second-order valence-corrected chi connectivity index (χ2v) is 5.12. The number of carbonyl (C=O) groups is 1. The zero-order valence-electron chi connectivity index (χ0n) is 8.64. The summed E-state index contributed by atoms with van der Waals surface area (Å²) in [6.07, 6.45) is 1.36. The average Bonchev–Trinajstić information content (AvgIpc) is 2.81. The number of rotatable bonds is 4. The highest BCUT2D eigenvalue weighted by Crippen LogP contribution is 2.32. The Morgan fingerprint density at radius 3 is 2.83 bits per heavy atom. The van der Waals surface area contributed by atoms with Crippen molar-refractivity contribution in [3.8, 4) is 0 Å². The second kappa shape index (κ2) is 5.10. The summed E-state index contributed by atoms with van der Waals surface area (Å²) in [7, 11) is 0. The van der Waals surface area contributed by atoms with E-state index in [1.165, 1.54) is 18.5 Å². The molecule has 7 nitrogen and oxygen atoms in total. The van der Waals surface area contributed by atoms with E-state index in [9.17, 15) is 14.9 Å². The number of carboxylic acids is 1. The van der Waals surface area contributed by atoms with Gasteiger partial charge in [-0.05, 0) is 17.6 Å². The Kier molecular flexibility index (Phi) is 3.53. The summed E-state index contributed by atoms with van der Waals surface area (Å²) in [6, 6.07) is 3.69. The zero-order chi connectivity index (χ0) is 13.1. The van der Waals surface area contributed by atoms with Crippen LogP contribution in [0.5, 0.6) is 0 Å². The number of hydrogen-bond acceptors (Lipinski definition) is 7. The van der Waals surface area contributed by atoms with Crippen molar-refractivity contribution < 1.29 is 14.8 Å². The average molecular weight is 283 g/mol. The van der Waals surface area contributed by atoms with Crippen molar-refractivity contribution in [1.82, 2.24) is 9.36 Å². The van der Waals surface area contributed by atoms with Crippen molar-refractivity contribution in [1.29, 1.82) is 0 Å². The van der Waals surface area contributed by atoms with Gasteiger partial charge in [-0.3, -0.25) is 10.1 Å². The molecule has 0 radical (unpaired) electrons. The van der Waals surface area contributed by atoms with Crippen LogP contribution in [0.3, 0.4) is 0 Å². The first-order valence-electron chi connectivity index (χ1n) is 4.54. The maximum atomic E-state index is 11.1. The molecule has 18 heavy (non-hydrogen) atoms. The number of hydrogen-bond donors (Lipinski definition) is 1. The molecule has 0 unspecified atom stereocenters. The van der Waals surface area contributed by atoms with Gasteiger partial charge in [0.15, 0.2) is 4.34 Å². The van der Waals surface area contributed by atoms with Crippen molar-refractivity contribution in [3.05, 3.63) is 40.2 Å². The van der Waals surface area contributed by atoms with Crippen LogP contribution in [-0.2, 0) is 0 Å². The molecule has 2 aromatic rings. The summed E-state index contributed by atoms with van der Waals surface area (Å²) in [4.78, 5) is 25.3. The lowest BCUT2D eigenvalue weighted by molar-refractivity contribution is -0.384. The summed E-state index contributed by atoms with van der Waals surface area (Å²) in [6.45, 7) is 0. The van der Waals surface area contributed by atoms with Crippen molar-refractivity contribution in [2.45, 2.75) is 9.24 Å². The number of aromatic nitrogens is 2. The van der Waals surface area contributed by atoms with Crippen LogP contribution in [0.25, 0.3) is 0 Å². The van der Waals surface area contributed by atoms with E-state index in [2.05, 4.69) is 9.36 Å². The summed E-state index contributed by atoms with van der Waals surface area (Å²) in [5.74, 6) is -1.22. The fraction of sp³-hybridized carbons (Fsp3) is 0. The summed E-state index contributed by atoms with van der Waals surface area (Å²) >= 11 is 2.23. The van der Waals surface area contributed by atoms with E-state index < -0.39 is 10.9 Å². The van der Waals surface area contributed by atoms with Gasteiger partial charge in [0.05, 0.1) is 10.5 Å². The predicted octanol–water partition coefficient (Wildman–Crippen LogP) is 2.30. The normalized spacial score (nSPS) is 10.2. The minimum atomic E-state index is -1.22. The Morgan fingerprint density at radius 2 is 2.28 bits per heavy atom. The molecule has 0 fully saturated rings. The smallest absolute Gasteiger partial charge is 0.337 e. The van der Waals surface area contributed by atoms with Gasteiger partial charge in [0.25, 0.3) is 5.69 Å². The van der Waals surface area contributed by atoms with Gasteiger partial charge in [-0.1, -0.05) is 11.8 Å². The second-order valence-electron chi connectivity index (χ2n) is 3.05. The van der Waals surface area contributed by atoms with E-state index in [1.807, 2.05) is 0 Å². The number of non-ortho nitro benzene ring substituents is 1. The van der Waals surface area contributed by atoms with Gasteiger partial charge in [0, 0.05) is 17.0 Å². The van der Waals surface area contributed by atoms with E-state index in [0.717, 1.165) is 29.4 Å². The van der Waals surface area contributed by atoms with Crippen LogP contribution in [0.4, 0.5) is 5.69 Å². The van der Waals surface area contributed by atoms with Gasteiger partial charge >= 0.3 is 5.97 Å². The molecule has 0 aliphatic carbocycles. The van der Waals surface area contributed by atoms with Crippen molar-refractivity contribution in [2.24, 2.45) is 0 Å². The van der Waals surface area contributed by atoms with Crippen LogP contribution in [0.15, 0.2) is 33.8 Å². The Bertz CT molecular complexity index is 600. The molecule has 0 aliphatic rings. The summed E-state index contributed by atoms with van der Waals surface area (Å²) < 4.78 is 4.37. The Hall–Kier alpha value is -2.00. The maximum Gasteiger partial charge on any atom is 0.337 e. The first-order chi connectivity index (χ1) is 8.58. The molecule has 1 heterocycles. The van der Waals surface area contributed by atoms with Gasteiger partial charge in [-0.15, -0.1) is 0 Å². The lowest BCUT2D eigenvalue weighted by Crippen LogP contribution is -2.00. The van der Waals surface area contributed by atoms with Gasteiger partial charge in [-0.2, -0.15) is 4.37 Å². The van der Waals surface area contributed by atoms with E-state index in [4.69, 9.17) is 5.11 Å². The van der Waals surface area contributed by atoms with Crippen molar-refractivity contribution in [2.75, 3.05) is 0 Å². The van der Waals surface area contributed by atoms with E-state index >= 15 is 0 Å². The monoisotopic (exact) mass is 283 g/mol. The molecule has 0 saturated carbocycles. The highest BCUT2D eigenvalue weighted by molar-refractivity contribution is 8.01. The molecule has 0 aliphatic heterocycles. The Morgan fingerprint density at radius 1 is 1.50 bits per heavy atom. The molecule has 92 valence electrons. The number of nitro benzene ring substituents is 1. The molecular weight excluding hydrogens is 278 g/mol. The number of nitro groups is 1. The van der Waals surface area contributed by atoms with Crippen LogP contribution < -0.4 is 0 Å². The van der Waals surface area contributed by atoms with Crippen molar-refractivity contribution >= 4 is 35.0 Å². The fourth-order valence-corrected chi connectivity index (χ4v) is 2.70. The number of nitrogens with zero attached hydrogens (tertiary/aromatic N) is 3. The van der Waals surface area contributed by atoms with Crippen LogP contribution >= 0.6 is 23.3 Å². The third-order valence-corrected chi connectivity index (χ3v) is 3.73. The first kappa shape index (κ1) is 12.5. The number of aromatic carboxylic acids is 1. The maximum absolute atomic E-state index is 11.1. The molecule has 0 amide bonds. The molecule has 2 rings (SSSR count). The van der Waals surface area contributed by atoms with Gasteiger partial charge in [0.2, 0.25) is 0 Å². The fourth-order valence-electron chi connectivity index (χ4n) is 1.19. The van der Waals surface area contributed by atoms with Crippen LogP contribution in [-0.4, -0.2) is 25.4 Å². The number of benzene rings is 1. The summed E-state index contributed by atoms with van der Waals surface area (Å²) in [5.41, 5.74) is -0.376. The van der Waals surface area contributed by atoms with Gasteiger partial charge < -0.3 is 5.11 Å². The van der Waals surface area contributed by atoms with Crippen LogP contribution in [0.2, 0.25) is 0 Å². The quantitative estimate of drug-likeness (QED) is 0.677. The van der Waals surface area contributed by atoms with E-state index in [0.29, 0.717) is 9.24 Å². The molecule has 1 aromatic carbocycles. The standard InChI is InChI=1S/C9H5N3O4S2/c13-8(14)6-3-5(12(15)16)1-2-7(6)17-9-10-4-11-18-9/h1-4H,(H,13,14). The van der Waals surface area contributed by atoms with E-state index in [1.54, 1.807) is 0 Å². The zero-order valence-corrected chi connectivity index (χ0v) is 10.3. The third-order valence-electron chi connectivity index (χ3n) is 1.94. The third kappa shape index (κ3) is 2.63. The van der Waals surface area contributed by atoms with E-state index in [-0.39, 0.29) is 11.3 Å². The number of carboxylic acid groups (broad SMARTS) is 1. The first-order valence-corrected chi connectivity index (χ1v) is 6.13. The highest BCUT2D eigenvalue weighted by atomic mass is 32.2. The highest BCUT2D eigenvalue weighted by Gasteiger charge is 2.17. The molecule has 0 bridgehead atoms. The molecule has 0 atom stereocenters. The Labute approximate surface area is 109 Å². The minimum Gasteiger partial charge on any atom is -0.478 e. The molecule has 0 spiro atoms. The molecule has 1 N–H and O–H groups in total. The lowest BCUT2D eigenvalue weighted by Gasteiger charge is -2.02. The van der Waals surface area contributed by atoms with Gasteiger partial charge in [0.1, 0.15) is 6.33 Å². The molecule has 9 heteroatoms. The molecular formula is C9H5N3O4S2. The van der Waals surface area contributed by atoms with Crippen LogP contribution in [0, 0.1) is 10.1 Å². The lowest BCUT2D eigenvalue weighted by atomic mass is 10.2. The van der Waals surface area contributed by atoms with Crippen molar-refractivity contribution in [3.63, 3.8) is 0 Å². The predicted molar refractivity (Wildman–Crippen MR) is 64.1 cm³/mol. The SMILES string of the molecule is O=C(O)c1cc([N+](=O)[O-])ccc1Sc1ncns1. The topological polar surface area (TPSA) is 106 Å². The Balaban J connectivity index is 2.40. The van der Waals surface area contributed by atoms with Crippen LogP contribution in [0.1, 0.15) is 10.4 Å². The minimum absolute atomic E-state index is 0.121. The summed E-state index contributed by atoms with van der Waals surface area (Å²) in [5, 5.41) is 19.6. The molecule has 1 aromatic heterocycles. The largest absolute Gasteiger partial charge is 0.478 e.